The van der Waals surface area contributed by atoms with Crippen LogP contribution >= 0.6 is 0 Å². The van der Waals surface area contributed by atoms with E-state index in [1.807, 2.05) is 78.6 Å². The summed E-state index contributed by atoms with van der Waals surface area (Å²) in [5, 5.41) is 11.5. The van der Waals surface area contributed by atoms with Gasteiger partial charge < -0.3 is 9.80 Å². The zero-order valence-corrected chi connectivity index (χ0v) is 19.4. The molecule has 1 aliphatic heterocycles. The van der Waals surface area contributed by atoms with Gasteiger partial charge in [0.1, 0.15) is 6.17 Å². The normalized spacial score (nSPS) is 15.1. The van der Waals surface area contributed by atoms with Crippen LogP contribution in [0.25, 0.3) is 0 Å². The average Bonchev–Trinajstić information content (AvgIpc) is 2.87. The van der Waals surface area contributed by atoms with Gasteiger partial charge in [-0.15, -0.1) is 0 Å². The van der Waals surface area contributed by atoms with Crippen LogP contribution in [0.4, 0.5) is 11.4 Å². The van der Waals surface area contributed by atoms with Gasteiger partial charge in [-0.1, -0.05) is 90.5 Å². The molecule has 0 fully saturated rings. The second-order valence-electron chi connectivity index (χ2n) is 8.78. The fourth-order valence-corrected chi connectivity index (χ4v) is 4.71. The first-order valence-corrected chi connectivity index (χ1v) is 11.5. The lowest BCUT2D eigenvalue weighted by Crippen LogP contribution is -2.48. The van der Waals surface area contributed by atoms with E-state index in [2.05, 4.69) is 23.1 Å². The lowest BCUT2D eigenvalue weighted by atomic mass is 9.98. The van der Waals surface area contributed by atoms with Crippen molar-refractivity contribution < 1.29 is 9.72 Å². The average molecular weight is 464 g/mol. The number of aryl methyl sites for hydroxylation is 1. The van der Waals surface area contributed by atoms with Crippen molar-refractivity contribution in [3.63, 3.8) is 0 Å². The van der Waals surface area contributed by atoms with Crippen LogP contribution in [0.5, 0.6) is 0 Å². The van der Waals surface area contributed by atoms with Gasteiger partial charge in [0.05, 0.1) is 16.2 Å². The monoisotopic (exact) mass is 463 g/mol. The Hall–Kier alpha value is -4.45. The first kappa shape index (κ1) is 22.3. The fraction of sp³-hybridized carbons (Fsp3) is 0.138. The Morgan fingerprint density at radius 1 is 0.771 bits per heavy atom. The minimum Gasteiger partial charge on any atom is -0.342 e. The number of benzene rings is 4. The van der Waals surface area contributed by atoms with Crippen molar-refractivity contribution in [3.05, 3.63) is 141 Å². The molecule has 1 atom stereocenters. The van der Waals surface area contributed by atoms with Gasteiger partial charge in [0, 0.05) is 25.2 Å². The second kappa shape index (κ2) is 9.43. The Morgan fingerprint density at radius 3 is 2.00 bits per heavy atom. The quantitative estimate of drug-likeness (QED) is 0.250. The second-order valence-corrected chi connectivity index (χ2v) is 8.78. The molecule has 1 aliphatic rings. The molecular weight excluding hydrogens is 438 g/mol. The number of nitrogens with zero attached hydrogens (tertiary/aromatic N) is 3. The molecule has 1 amide bonds. The number of hydrogen-bond donors (Lipinski definition) is 0. The summed E-state index contributed by atoms with van der Waals surface area (Å²) in [6.45, 7) is 2.96. The summed E-state index contributed by atoms with van der Waals surface area (Å²) >= 11 is 0. The molecule has 1 heterocycles. The smallest absolute Gasteiger partial charge is 0.270 e. The third-order valence-electron chi connectivity index (χ3n) is 6.31. The molecule has 6 heteroatoms. The molecule has 0 aliphatic carbocycles. The Balaban J connectivity index is 1.70. The number of nitro benzene ring substituents is 1. The van der Waals surface area contributed by atoms with E-state index in [4.69, 9.17) is 0 Å². The van der Waals surface area contributed by atoms with Crippen molar-refractivity contribution in [1.82, 2.24) is 4.90 Å². The van der Waals surface area contributed by atoms with Crippen LogP contribution in [0, 0.1) is 17.0 Å². The van der Waals surface area contributed by atoms with Crippen molar-refractivity contribution in [2.24, 2.45) is 0 Å². The van der Waals surface area contributed by atoms with Crippen LogP contribution in [0.15, 0.2) is 103 Å². The van der Waals surface area contributed by atoms with Gasteiger partial charge in [0.25, 0.3) is 11.6 Å². The van der Waals surface area contributed by atoms with Gasteiger partial charge in [-0.3, -0.25) is 14.9 Å². The van der Waals surface area contributed by atoms with Gasteiger partial charge in [-0.2, -0.15) is 0 Å². The predicted molar refractivity (Wildman–Crippen MR) is 136 cm³/mol. The van der Waals surface area contributed by atoms with Crippen molar-refractivity contribution in [3.8, 4) is 0 Å². The van der Waals surface area contributed by atoms with Crippen LogP contribution in [0.3, 0.4) is 0 Å². The maximum absolute atomic E-state index is 13.9. The summed E-state index contributed by atoms with van der Waals surface area (Å²) in [6, 6.07) is 32.6. The van der Waals surface area contributed by atoms with Crippen LogP contribution < -0.4 is 4.90 Å². The molecule has 6 nitrogen and oxygen atoms in total. The first-order chi connectivity index (χ1) is 17.0. The SMILES string of the molecule is Cc1cccc([C@H]2N(Cc3ccccc3)C(=O)c3cc([N+](=O)[O-])ccc3N2Cc2ccccc2)c1. The topological polar surface area (TPSA) is 66.7 Å². The Morgan fingerprint density at radius 2 is 1.40 bits per heavy atom. The molecule has 0 N–H and O–H groups in total. The number of rotatable bonds is 6. The van der Waals surface area contributed by atoms with E-state index in [1.54, 1.807) is 6.07 Å². The van der Waals surface area contributed by atoms with E-state index in [0.717, 1.165) is 22.3 Å². The van der Waals surface area contributed by atoms with Crippen molar-refractivity contribution >= 4 is 17.3 Å². The lowest BCUT2D eigenvalue weighted by Gasteiger charge is -2.46. The number of fused-ring (bicyclic) bond motifs is 1. The zero-order chi connectivity index (χ0) is 24.4. The minimum absolute atomic E-state index is 0.0922. The minimum atomic E-state index is -0.455. The molecule has 0 spiro atoms. The molecule has 174 valence electrons. The standard InChI is InChI=1S/C29H25N3O3/c1-21-9-8-14-24(17-21)28-30(19-22-10-4-2-5-11-22)27-16-15-25(32(34)35)18-26(27)29(33)31(28)20-23-12-6-3-7-13-23/h2-18,28H,19-20H2,1H3/t28-/m1/s1. The van der Waals surface area contributed by atoms with E-state index in [0.29, 0.717) is 24.3 Å². The van der Waals surface area contributed by atoms with E-state index < -0.39 is 4.92 Å². The lowest BCUT2D eigenvalue weighted by molar-refractivity contribution is -0.384. The molecule has 35 heavy (non-hydrogen) atoms. The highest BCUT2D eigenvalue weighted by Crippen LogP contribution is 2.42. The van der Waals surface area contributed by atoms with Crippen LogP contribution in [0.2, 0.25) is 0 Å². The van der Waals surface area contributed by atoms with Gasteiger partial charge >= 0.3 is 0 Å². The summed E-state index contributed by atoms with van der Waals surface area (Å²) in [7, 11) is 0. The summed E-state index contributed by atoms with van der Waals surface area (Å²) in [6.07, 6.45) is -0.378. The van der Waals surface area contributed by atoms with Crippen molar-refractivity contribution in [2.45, 2.75) is 26.2 Å². The highest BCUT2D eigenvalue weighted by Gasteiger charge is 2.39. The summed E-state index contributed by atoms with van der Waals surface area (Å²) in [5.74, 6) is -0.219. The molecule has 5 rings (SSSR count). The number of anilines is 1. The third-order valence-corrected chi connectivity index (χ3v) is 6.31. The molecule has 0 aromatic heterocycles. The van der Waals surface area contributed by atoms with Crippen LogP contribution in [0.1, 0.15) is 38.8 Å². The molecule has 0 radical (unpaired) electrons. The molecule has 0 saturated carbocycles. The molecule has 4 aromatic rings. The van der Waals surface area contributed by atoms with Crippen molar-refractivity contribution in [1.29, 1.82) is 0 Å². The first-order valence-electron chi connectivity index (χ1n) is 11.5. The Labute approximate surface area is 204 Å². The third kappa shape index (κ3) is 4.51. The summed E-state index contributed by atoms with van der Waals surface area (Å²) in [4.78, 5) is 29.0. The maximum Gasteiger partial charge on any atom is 0.270 e. The predicted octanol–water partition coefficient (Wildman–Crippen LogP) is 6.26. The number of nitro groups is 1. The van der Waals surface area contributed by atoms with Gasteiger partial charge in [0.2, 0.25) is 0 Å². The summed E-state index contributed by atoms with van der Waals surface area (Å²) in [5.41, 5.74) is 5.12. The van der Waals surface area contributed by atoms with Gasteiger partial charge in [-0.05, 0) is 29.7 Å². The van der Waals surface area contributed by atoms with E-state index in [9.17, 15) is 14.9 Å². The molecule has 0 saturated heterocycles. The number of non-ortho nitro benzene ring substituents is 1. The number of carbonyl (C=O) groups is 1. The number of hydrogen-bond acceptors (Lipinski definition) is 4. The van der Waals surface area contributed by atoms with Crippen LogP contribution in [-0.2, 0) is 13.1 Å². The highest BCUT2D eigenvalue weighted by atomic mass is 16.6. The molecular formula is C29H25N3O3. The van der Waals surface area contributed by atoms with E-state index >= 15 is 0 Å². The fourth-order valence-electron chi connectivity index (χ4n) is 4.71. The maximum atomic E-state index is 13.9. The zero-order valence-electron chi connectivity index (χ0n) is 19.4. The largest absolute Gasteiger partial charge is 0.342 e. The van der Waals surface area contributed by atoms with Gasteiger partial charge in [-0.25, -0.2) is 0 Å². The van der Waals surface area contributed by atoms with Gasteiger partial charge in [0.15, 0.2) is 0 Å². The summed E-state index contributed by atoms with van der Waals surface area (Å²) < 4.78 is 0. The highest BCUT2D eigenvalue weighted by molar-refractivity contribution is 6.02. The molecule has 0 unspecified atom stereocenters. The van der Waals surface area contributed by atoms with E-state index in [1.165, 1.54) is 12.1 Å². The number of carbonyl (C=O) groups excluding carboxylic acids is 1. The van der Waals surface area contributed by atoms with Crippen molar-refractivity contribution in [2.75, 3.05) is 4.90 Å². The number of amides is 1. The van der Waals surface area contributed by atoms with E-state index in [-0.39, 0.29) is 17.8 Å². The van der Waals surface area contributed by atoms with Crippen LogP contribution in [-0.4, -0.2) is 15.7 Å². The Bertz CT molecular complexity index is 1370. The Kier molecular flexibility index (Phi) is 6.02. The molecule has 0 bridgehead atoms. The molecule has 4 aromatic carbocycles.